The molecule has 4 unspecified atom stereocenters. The van der Waals surface area contributed by atoms with E-state index in [1.165, 1.54) is 95.5 Å². The predicted octanol–water partition coefficient (Wildman–Crippen LogP) is 20.5. The Morgan fingerprint density at radius 1 is 0.456 bits per heavy atom. The number of ether oxygens (including phenoxy) is 6. The van der Waals surface area contributed by atoms with Crippen LogP contribution in [0.4, 0.5) is 0 Å². The van der Waals surface area contributed by atoms with Crippen LogP contribution in [-0.2, 0) is 25.6 Å². The maximum Gasteiger partial charge on any atom is 0.135 e. The summed E-state index contributed by atoms with van der Waals surface area (Å²) >= 11 is 0. The zero-order chi connectivity index (χ0) is 57.6. The highest BCUT2D eigenvalue weighted by Crippen LogP contribution is 2.41. The van der Waals surface area contributed by atoms with Crippen molar-refractivity contribution in [2.24, 2.45) is 27.6 Å². The van der Waals surface area contributed by atoms with Gasteiger partial charge in [0, 0.05) is 17.7 Å². The Morgan fingerprint density at radius 2 is 0.886 bits per heavy atom. The molecule has 5 aromatic rings. The fourth-order valence-electron chi connectivity index (χ4n) is 10.6. The van der Waals surface area contributed by atoms with Crippen molar-refractivity contribution < 1.29 is 28.4 Å². The standard InChI is InChI=1S/C26H30O2.C17H28O2.C16H24O.C14H28O/c1-20(26(2,3)4)27-18-19-28-25-23(21-12-7-5-8-13-21)16-11-17-24(25)22-14-9-6-10-15-22;1-5-17(6-2,7-3)15(4)18-13-14-19-16-11-9-8-10-12-16;1-14(16(2)11-7-4-8-12-16)17-13-15-9-5-3-6-10-15;1-12(14(2,3)4)15-11-10-13-8-6-5-7-9-13/h5-17,20H,18-19H2,1-4H3;8-12,15H,5-7,13-14H2,1-4H3;3,5-6,9-10,14H,4,7-8,11-13H2,1-2H3;12-13H,5-11H2,1-4H3. The summed E-state index contributed by atoms with van der Waals surface area (Å²) < 4.78 is 35.9. The van der Waals surface area contributed by atoms with Crippen LogP contribution in [0.2, 0.25) is 0 Å². The Hall–Kier alpha value is -4.46. The van der Waals surface area contributed by atoms with Crippen LogP contribution in [0.15, 0.2) is 140 Å². The zero-order valence-corrected chi connectivity index (χ0v) is 52.3. The topological polar surface area (TPSA) is 55.4 Å². The Kier molecular flexibility index (Phi) is 30.1. The maximum absolute atomic E-state index is 6.32. The third-order valence-corrected chi connectivity index (χ3v) is 17.7. The summed E-state index contributed by atoms with van der Waals surface area (Å²) in [5, 5.41) is 0. The summed E-state index contributed by atoms with van der Waals surface area (Å²) in [4.78, 5) is 0. The van der Waals surface area contributed by atoms with E-state index in [9.17, 15) is 0 Å². The molecule has 2 aliphatic rings. The molecule has 0 heterocycles. The second kappa shape index (κ2) is 35.4. The third-order valence-electron chi connectivity index (χ3n) is 17.7. The molecule has 6 heteroatoms. The van der Waals surface area contributed by atoms with Crippen molar-refractivity contribution >= 4 is 0 Å². The first kappa shape index (κ1) is 67.0. The van der Waals surface area contributed by atoms with E-state index in [0.29, 0.717) is 49.5 Å². The lowest BCUT2D eigenvalue weighted by Crippen LogP contribution is -2.34. The molecule has 0 bridgehead atoms. The monoisotopic (exact) mass is 1080 g/mol. The molecule has 7 rings (SSSR count). The summed E-state index contributed by atoms with van der Waals surface area (Å²) in [5.41, 5.74) is 6.90. The van der Waals surface area contributed by atoms with Gasteiger partial charge in [-0.15, -0.1) is 0 Å². The molecule has 79 heavy (non-hydrogen) atoms. The van der Waals surface area contributed by atoms with Crippen LogP contribution >= 0.6 is 0 Å². The first-order chi connectivity index (χ1) is 37.9. The van der Waals surface area contributed by atoms with Gasteiger partial charge in [0.25, 0.3) is 0 Å². The number of rotatable bonds is 24. The Bertz CT molecular complexity index is 2220. The zero-order valence-electron chi connectivity index (χ0n) is 52.3. The molecule has 0 radical (unpaired) electrons. The smallest absolute Gasteiger partial charge is 0.135 e. The third kappa shape index (κ3) is 23.9. The van der Waals surface area contributed by atoms with Crippen LogP contribution in [0, 0.1) is 27.6 Å². The van der Waals surface area contributed by atoms with Crippen molar-refractivity contribution in [2.75, 3.05) is 33.0 Å². The molecule has 438 valence electrons. The summed E-state index contributed by atoms with van der Waals surface area (Å²) in [7, 11) is 0. The van der Waals surface area contributed by atoms with E-state index < -0.39 is 0 Å². The Balaban J connectivity index is 0.000000234. The van der Waals surface area contributed by atoms with Gasteiger partial charge in [0.15, 0.2) is 0 Å². The van der Waals surface area contributed by atoms with E-state index in [-0.39, 0.29) is 23.0 Å². The average Bonchev–Trinajstić information content (AvgIpc) is 3.47. The van der Waals surface area contributed by atoms with Crippen molar-refractivity contribution in [3.05, 3.63) is 145 Å². The normalized spacial score (nSPS) is 16.3. The van der Waals surface area contributed by atoms with Crippen LogP contribution in [0.3, 0.4) is 0 Å². The molecule has 2 saturated carbocycles. The highest BCUT2D eigenvalue weighted by atomic mass is 16.5. The Labute approximate surface area is 483 Å². The van der Waals surface area contributed by atoms with Gasteiger partial charge in [-0.25, -0.2) is 0 Å². The average molecular weight is 1080 g/mol. The molecule has 2 aliphatic carbocycles. The molecule has 0 amide bonds. The second-order valence-corrected chi connectivity index (χ2v) is 25.1. The van der Waals surface area contributed by atoms with E-state index in [0.717, 1.165) is 52.9 Å². The molecule has 0 N–H and O–H groups in total. The van der Waals surface area contributed by atoms with Crippen molar-refractivity contribution in [1.82, 2.24) is 0 Å². The molecule has 0 saturated heterocycles. The predicted molar refractivity (Wildman–Crippen MR) is 336 cm³/mol. The van der Waals surface area contributed by atoms with E-state index in [1.54, 1.807) is 0 Å². The lowest BCUT2D eigenvalue weighted by Gasteiger charge is -2.38. The van der Waals surface area contributed by atoms with Crippen LogP contribution in [0.5, 0.6) is 11.5 Å². The lowest BCUT2D eigenvalue weighted by atomic mass is 9.72. The second-order valence-electron chi connectivity index (χ2n) is 25.1. The van der Waals surface area contributed by atoms with Crippen LogP contribution in [0.1, 0.15) is 192 Å². The van der Waals surface area contributed by atoms with Gasteiger partial charge in [-0.2, -0.15) is 0 Å². The molecule has 5 aromatic carbocycles. The molecular formula is C73H110O6. The Morgan fingerprint density at radius 3 is 1.37 bits per heavy atom. The fourth-order valence-corrected chi connectivity index (χ4v) is 10.6. The highest BCUT2D eigenvalue weighted by Gasteiger charge is 2.34. The quantitative estimate of drug-likeness (QED) is 0.0574. The van der Waals surface area contributed by atoms with Gasteiger partial charge in [-0.1, -0.05) is 248 Å². The minimum absolute atomic E-state index is 0.122. The molecular weight excluding hydrogens is 973 g/mol. The van der Waals surface area contributed by atoms with Crippen molar-refractivity contribution in [2.45, 2.75) is 218 Å². The van der Waals surface area contributed by atoms with Crippen molar-refractivity contribution in [1.29, 1.82) is 0 Å². The lowest BCUT2D eigenvalue weighted by molar-refractivity contribution is -0.0477. The first-order valence-corrected chi connectivity index (χ1v) is 30.9. The van der Waals surface area contributed by atoms with Crippen molar-refractivity contribution in [3.8, 4) is 33.8 Å². The van der Waals surface area contributed by atoms with Gasteiger partial charge >= 0.3 is 0 Å². The fraction of sp³-hybridized carbons (Fsp3) is 0.589. The van der Waals surface area contributed by atoms with Crippen LogP contribution in [0.25, 0.3) is 22.3 Å². The van der Waals surface area contributed by atoms with E-state index in [2.05, 4.69) is 194 Å². The molecule has 2 fully saturated rings. The summed E-state index contributed by atoms with van der Waals surface area (Å²) in [5.74, 6) is 2.77. The summed E-state index contributed by atoms with van der Waals surface area (Å²) in [6.07, 6.45) is 20.0. The number of benzene rings is 5. The molecule has 4 atom stereocenters. The van der Waals surface area contributed by atoms with Gasteiger partial charge in [0.1, 0.15) is 24.7 Å². The van der Waals surface area contributed by atoms with Crippen molar-refractivity contribution in [3.63, 3.8) is 0 Å². The van der Waals surface area contributed by atoms with Gasteiger partial charge in [-0.05, 0) is 123 Å². The minimum atomic E-state index is 0.122. The van der Waals surface area contributed by atoms with Gasteiger partial charge in [-0.3, -0.25) is 0 Å². The molecule has 0 aromatic heterocycles. The van der Waals surface area contributed by atoms with Gasteiger partial charge < -0.3 is 28.4 Å². The molecule has 0 aliphatic heterocycles. The first-order valence-electron chi connectivity index (χ1n) is 30.9. The maximum atomic E-state index is 6.32. The van der Waals surface area contributed by atoms with E-state index in [1.807, 2.05) is 42.5 Å². The van der Waals surface area contributed by atoms with E-state index >= 15 is 0 Å². The highest BCUT2D eigenvalue weighted by molar-refractivity contribution is 5.82. The summed E-state index contributed by atoms with van der Waals surface area (Å²) in [6, 6.07) is 47.5. The van der Waals surface area contributed by atoms with Gasteiger partial charge in [0.2, 0.25) is 0 Å². The number of hydrogen-bond acceptors (Lipinski definition) is 6. The SMILES string of the molecule is CC(OCCC1CCCCC1)C(C)(C)C.CC(OCCOc1c(-c2ccccc2)cccc1-c1ccccc1)C(C)(C)C.CC(OCc1ccccc1)C1(C)CCCCC1.CCC(CC)(CC)C(C)OCCOc1ccccc1. The van der Waals surface area contributed by atoms with Crippen LogP contribution in [-0.4, -0.2) is 57.5 Å². The van der Waals surface area contributed by atoms with Gasteiger partial charge in [0.05, 0.1) is 44.2 Å². The minimum Gasteiger partial charge on any atom is -0.491 e. The van der Waals surface area contributed by atoms with Crippen LogP contribution < -0.4 is 9.47 Å². The molecule has 6 nitrogen and oxygen atoms in total. The number of para-hydroxylation sites is 2. The molecule has 0 spiro atoms. The largest absolute Gasteiger partial charge is 0.491 e. The summed E-state index contributed by atoms with van der Waals surface area (Å²) in [6.45, 7) is 35.3. The number of hydrogen-bond donors (Lipinski definition) is 0. The van der Waals surface area contributed by atoms with E-state index in [4.69, 9.17) is 28.4 Å².